The van der Waals surface area contributed by atoms with Crippen molar-refractivity contribution in [3.05, 3.63) is 27.9 Å². The van der Waals surface area contributed by atoms with Gasteiger partial charge in [-0.25, -0.2) is 4.98 Å². The van der Waals surface area contributed by atoms with E-state index in [-0.39, 0.29) is 25.0 Å². The van der Waals surface area contributed by atoms with Crippen molar-refractivity contribution in [1.82, 2.24) is 10.3 Å². The molecule has 4 nitrogen and oxygen atoms in total. The second kappa shape index (κ2) is 6.79. The number of rotatable bonds is 6. The smallest absolute Gasteiger partial charge is 0.226 e. The number of amides is 1. The number of aromatic nitrogens is 1. The molecule has 1 amide bonds. The summed E-state index contributed by atoms with van der Waals surface area (Å²) in [6.45, 7) is 1.90. The third kappa shape index (κ3) is 3.86. The van der Waals surface area contributed by atoms with Crippen molar-refractivity contribution in [1.29, 1.82) is 0 Å². The molecule has 19 heavy (non-hydrogen) atoms. The summed E-state index contributed by atoms with van der Waals surface area (Å²) < 4.78 is 0. The van der Waals surface area contributed by atoms with Crippen molar-refractivity contribution in [2.75, 3.05) is 6.61 Å². The second-order valence-corrected chi connectivity index (χ2v) is 5.83. The monoisotopic (exact) mass is 296 g/mol. The van der Waals surface area contributed by atoms with Gasteiger partial charge < -0.3 is 10.4 Å². The van der Waals surface area contributed by atoms with E-state index in [0.717, 1.165) is 22.7 Å². The molecule has 0 aliphatic heterocycles. The summed E-state index contributed by atoms with van der Waals surface area (Å²) >= 11 is 3.18. The highest BCUT2D eigenvalue weighted by Crippen LogP contribution is 2.25. The third-order valence-corrected chi connectivity index (χ3v) is 4.36. The topological polar surface area (TPSA) is 62.2 Å². The van der Waals surface area contributed by atoms with Crippen LogP contribution in [0.5, 0.6) is 0 Å². The fraction of sp³-hybridized carbons (Fsp3) is 0.385. The van der Waals surface area contributed by atoms with Crippen LogP contribution in [-0.2, 0) is 11.2 Å². The van der Waals surface area contributed by atoms with Gasteiger partial charge in [0, 0.05) is 16.3 Å². The van der Waals surface area contributed by atoms with E-state index in [2.05, 4.69) is 10.3 Å². The number of nitrogens with one attached hydrogen (secondary N) is 1. The van der Waals surface area contributed by atoms with Crippen LogP contribution in [0.1, 0.15) is 19.0 Å². The Morgan fingerprint density at radius 2 is 2.37 bits per heavy atom. The number of nitrogens with zero attached hydrogens (tertiary/aromatic N) is 1. The Morgan fingerprint density at radius 1 is 1.53 bits per heavy atom. The summed E-state index contributed by atoms with van der Waals surface area (Å²) in [6, 6.07) is 1.86. The summed E-state index contributed by atoms with van der Waals surface area (Å²) in [5.41, 5.74) is 1.87. The van der Waals surface area contributed by atoms with Crippen LogP contribution in [0.25, 0.3) is 10.6 Å². The summed E-state index contributed by atoms with van der Waals surface area (Å²) in [4.78, 5) is 16.2. The largest absolute Gasteiger partial charge is 0.394 e. The lowest BCUT2D eigenvalue weighted by Gasteiger charge is -2.13. The van der Waals surface area contributed by atoms with Crippen molar-refractivity contribution < 1.29 is 9.90 Å². The lowest BCUT2D eigenvalue weighted by atomic mass is 10.2. The Morgan fingerprint density at radius 3 is 3.00 bits per heavy atom. The first-order valence-corrected chi connectivity index (χ1v) is 7.92. The molecule has 0 unspecified atom stereocenters. The molecular weight excluding hydrogens is 280 g/mol. The van der Waals surface area contributed by atoms with E-state index in [1.165, 1.54) is 0 Å². The fourth-order valence-corrected chi connectivity index (χ4v) is 3.16. The Kier molecular flexibility index (Phi) is 5.07. The Hall–Kier alpha value is -1.24. The van der Waals surface area contributed by atoms with Crippen LogP contribution in [0.15, 0.2) is 22.2 Å². The van der Waals surface area contributed by atoms with Crippen molar-refractivity contribution in [2.24, 2.45) is 0 Å². The first-order chi connectivity index (χ1) is 9.22. The van der Waals surface area contributed by atoms with E-state index < -0.39 is 0 Å². The van der Waals surface area contributed by atoms with Crippen LogP contribution in [0, 0.1) is 0 Å². The van der Waals surface area contributed by atoms with Gasteiger partial charge in [0.2, 0.25) is 5.91 Å². The summed E-state index contributed by atoms with van der Waals surface area (Å²) in [7, 11) is 0. The molecule has 0 aliphatic carbocycles. The average Bonchev–Trinajstić information content (AvgIpc) is 3.06. The highest BCUT2D eigenvalue weighted by molar-refractivity contribution is 7.14. The van der Waals surface area contributed by atoms with Gasteiger partial charge in [-0.3, -0.25) is 4.79 Å². The zero-order chi connectivity index (χ0) is 13.7. The normalized spacial score (nSPS) is 12.3. The van der Waals surface area contributed by atoms with Gasteiger partial charge in [-0.15, -0.1) is 11.3 Å². The highest BCUT2D eigenvalue weighted by atomic mass is 32.1. The lowest BCUT2D eigenvalue weighted by molar-refractivity contribution is -0.121. The van der Waals surface area contributed by atoms with Gasteiger partial charge in [0.15, 0.2) is 0 Å². The first-order valence-electron chi connectivity index (χ1n) is 6.10. The quantitative estimate of drug-likeness (QED) is 0.860. The van der Waals surface area contributed by atoms with E-state index in [1.54, 1.807) is 22.7 Å². The van der Waals surface area contributed by atoms with Crippen molar-refractivity contribution >= 4 is 28.6 Å². The number of carbonyl (C=O) groups excluding carboxylic acids is 1. The maximum atomic E-state index is 11.8. The van der Waals surface area contributed by atoms with Crippen molar-refractivity contribution in [3.8, 4) is 10.6 Å². The number of carbonyl (C=O) groups is 1. The number of aliphatic hydroxyl groups excluding tert-OH is 1. The van der Waals surface area contributed by atoms with Crippen molar-refractivity contribution in [3.63, 3.8) is 0 Å². The molecule has 6 heteroatoms. The van der Waals surface area contributed by atoms with Gasteiger partial charge in [-0.2, -0.15) is 11.3 Å². The Labute approximate surface area is 120 Å². The molecule has 102 valence electrons. The molecule has 2 rings (SSSR count). The standard InChI is InChI=1S/C13H16N2O2S2/c1-2-10(6-16)14-12(17)5-11-8-19-13(15-11)9-3-4-18-7-9/h3-4,7-8,10,16H,2,5-6H2,1H3,(H,14,17)/t10-/m1/s1. The molecule has 0 fully saturated rings. The molecule has 2 aromatic rings. The van der Waals surface area contributed by atoms with Crippen LogP contribution < -0.4 is 5.32 Å². The third-order valence-electron chi connectivity index (χ3n) is 2.74. The molecular formula is C13H16N2O2S2. The van der Waals surface area contributed by atoms with Gasteiger partial charge in [0.05, 0.1) is 24.8 Å². The van der Waals surface area contributed by atoms with Crippen LogP contribution in [0.2, 0.25) is 0 Å². The predicted octanol–water partition coefficient (Wildman–Crippen LogP) is 2.30. The van der Waals surface area contributed by atoms with E-state index >= 15 is 0 Å². The number of hydrogen-bond acceptors (Lipinski definition) is 5. The zero-order valence-corrected chi connectivity index (χ0v) is 12.3. The van der Waals surface area contributed by atoms with E-state index in [1.807, 2.05) is 29.1 Å². The van der Waals surface area contributed by atoms with Crippen LogP contribution in [0.3, 0.4) is 0 Å². The molecule has 0 saturated carbocycles. The average molecular weight is 296 g/mol. The molecule has 2 N–H and O–H groups in total. The van der Waals surface area contributed by atoms with Crippen LogP contribution >= 0.6 is 22.7 Å². The number of thiazole rings is 1. The molecule has 0 bridgehead atoms. The summed E-state index contributed by atoms with van der Waals surface area (Å²) in [5.74, 6) is -0.0944. The summed E-state index contributed by atoms with van der Waals surface area (Å²) in [6.07, 6.45) is 0.983. The number of thiophene rings is 1. The first kappa shape index (κ1) is 14.2. The second-order valence-electron chi connectivity index (χ2n) is 4.19. The van der Waals surface area contributed by atoms with E-state index in [4.69, 9.17) is 5.11 Å². The molecule has 0 saturated heterocycles. The maximum absolute atomic E-state index is 11.8. The lowest BCUT2D eigenvalue weighted by Crippen LogP contribution is -2.37. The van der Waals surface area contributed by atoms with Gasteiger partial charge in [-0.1, -0.05) is 6.92 Å². The minimum atomic E-state index is -0.164. The van der Waals surface area contributed by atoms with Gasteiger partial charge in [0.25, 0.3) is 0 Å². The van der Waals surface area contributed by atoms with Crippen molar-refractivity contribution in [2.45, 2.75) is 25.8 Å². The predicted molar refractivity (Wildman–Crippen MR) is 78.4 cm³/mol. The SMILES string of the molecule is CC[C@H](CO)NC(=O)Cc1csc(-c2ccsc2)n1. The summed E-state index contributed by atoms with van der Waals surface area (Å²) in [5, 5.41) is 18.7. The maximum Gasteiger partial charge on any atom is 0.226 e. The highest BCUT2D eigenvalue weighted by Gasteiger charge is 2.12. The molecule has 0 radical (unpaired) electrons. The van der Waals surface area contributed by atoms with Gasteiger partial charge in [-0.05, 0) is 17.9 Å². The number of hydrogen-bond donors (Lipinski definition) is 2. The number of aliphatic hydroxyl groups is 1. The zero-order valence-electron chi connectivity index (χ0n) is 10.6. The van der Waals surface area contributed by atoms with Gasteiger partial charge in [0.1, 0.15) is 5.01 Å². The Balaban J connectivity index is 1.95. The van der Waals surface area contributed by atoms with Crippen LogP contribution in [0.4, 0.5) is 0 Å². The fourth-order valence-electron chi connectivity index (χ4n) is 1.63. The van der Waals surface area contributed by atoms with Crippen LogP contribution in [-0.4, -0.2) is 28.6 Å². The van der Waals surface area contributed by atoms with E-state index in [0.29, 0.717) is 0 Å². The van der Waals surface area contributed by atoms with E-state index in [9.17, 15) is 4.79 Å². The molecule has 0 aliphatic rings. The minimum Gasteiger partial charge on any atom is -0.394 e. The molecule has 0 spiro atoms. The Bertz CT molecular complexity index is 518. The molecule has 0 aromatic carbocycles. The minimum absolute atomic E-state index is 0.0283. The molecule has 1 atom stereocenters. The molecule has 2 aromatic heterocycles. The molecule has 2 heterocycles. The van der Waals surface area contributed by atoms with Gasteiger partial charge >= 0.3 is 0 Å².